The van der Waals surface area contributed by atoms with Crippen LogP contribution in [0.3, 0.4) is 0 Å². The minimum atomic E-state index is -0.274. The Bertz CT molecular complexity index is 1030. The molecular formula is C22H19ClN2O4. The molecule has 7 heteroatoms. The van der Waals surface area contributed by atoms with Crippen molar-refractivity contribution < 1.29 is 18.7 Å². The maximum absolute atomic E-state index is 12.5. The minimum Gasteiger partial charge on any atom is -0.484 e. The van der Waals surface area contributed by atoms with Crippen molar-refractivity contribution in [3.63, 3.8) is 0 Å². The van der Waals surface area contributed by atoms with E-state index in [0.717, 1.165) is 12.0 Å². The summed E-state index contributed by atoms with van der Waals surface area (Å²) in [5.74, 6) is 0.454. The number of halogens is 1. The molecule has 0 unspecified atom stereocenters. The van der Waals surface area contributed by atoms with Gasteiger partial charge in [0, 0.05) is 23.8 Å². The lowest BCUT2D eigenvalue weighted by molar-refractivity contribution is -0.118. The quantitative estimate of drug-likeness (QED) is 0.685. The van der Waals surface area contributed by atoms with E-state index in [2.05, 4.69) is 5.32 Å². The number of benzene rings is 2. The van der Waals surface area contributed by atoms with Crippen LogP contribution in [0.2, 0.25) is 5.02 Å². The smallest absolute Gasteiger partial charge is 0.289 e. The van der Waals surface area contributed by atoms with Gasteiger partial charge in [-0.25, -0.2) is 0 Å². The van der Waals surface area contributed by atoms with E-state index >= 15 is 0 Å². The fraction of sp³-hybridized carbons (Fsp3) is 0.182. The van der Waals surface area contributed by atoms with Gasteiger partial charge in [-0.15, -0.1) is 0 Å². The lowest BCUT2D eigenvalue weighted by Gasteiger charge is -2.28. The lowest BCUT2D eigenvalue weighted by atomic mass is 9.99. The van der Waals surface area contributed by atoms with Crippen LogP contribution in [0.5, 0.6) is 5.75 Å². The van der Waals surface area contributed by atoms with E-state index in [4.69, 9.17) is 20.8 Å². The molecule has 1 aliphatic heterocycles. The van der Waals surface area contributed by atoms with Crippen LogP contribution in [0.15, 0.2) is 65.3 Å². The molecule has 4 rings (SSSR count). The Morgan fingerprint density at radius 1 is 1.10 bits per heavy atom. The SMILES string of the molecule is O=C(COc1cccc(Cl)c1)Nc1ccc2c(c1)CN(C(=O)c1ccco1)CC2. The molecule has 2 heterocycles. The zero-order chi connectivity index (χ0) is 20.2. The monoisotopic (exact) mass is 410 g/mol. The maximum Gasteiger partial charge on any atom is 0.289 e. The van der Waals surface area contributed by atoms with Crippen LogP contribution in [-0.4, -0.2) is 29.9 Å². The molecule has 1 N–H and O–H groups in total. The number of amides is 2. The standard InChI is InChI=1S/C22H19ClN2O4/c23-17-3-1-4-19(12-17)29-14-21(26)24-18-7-6-15-8-9-25(13-16(15)11-18)22(27)20-5-2-10-28-20/h1-7,10-12H,8-9,13-14H2,(H,24,26). The molecule has 0 saturated heterocycles. The number of fused-ring (bicyclic) bond motifs is 1. The van der Waals surface area contributed by atoms with Crippen molar-refractivity contribution in [2.24, 2.45) is 0 Å². The lowest BCUT2D eigenvalue weighted by Crippen LogP contribution is -2.35. The molecule has 0 fully saturated rings. The number of hydrogen-bond acceptors (Lipinski definition) is 4. The van der Waals surface area contributed by atoms with E-state index in [-0.39, 0.29) is 18.4 Å². The second kappa shape index (κ2) is 8.41. The van der Waals surface area contributed by atoms with Crippen molar-refractivity contribution >= 4 is 29.1 Å². The van der Waals surface area contributed by atoms with E-state index < -0.39 is 0 Å². The number of furan rings is 1. The molecule has 148 valence electrons. The van der Waals surface area contributed by atoms with Crippen LogP contribution in [0, 0.1) is 0 Å². The summed E-state index contributed by atoms with van der Waals surface area (Å²) in [6.07, 6.45) is 2.25. The zero-order valence-electron chi connectivity index (χ0n) is 15.6. The van der Waals surface area contributed by atoms with Gasteiger partial charge in [0.2, 0.25) is 0 Å². The predicted molar refractivity (Wildman–Crippen MR) is 109 cm³/mol. The highest BCUT2D eigenvalue weighted by atomic mass is 35.5. The number of ether oxygens (including phenoxy) is 1. The topological polar surface area (TPSA) is 71.8 Å². The molecule has 1 aliphatic rings. The Morgan fingerprint density at radius 3 is 2.79 bits per heavy atom. The van der Waals surface area contributed by atoms with E-state index in [9.17, 15) is 9.59 Å². The minimum absolute atomic E-state index is 0.124. The normalized spacial score (nSPS) is 12.9. The second-order valence-electron chi connectivity index (χ2n) is 6.73. The van der Waals surface area contributed by atoms with Gasteiger partial charge in [-0.1, -0.05) is 23.7 Å². The van der Waals surface area contributed by atoms with Crippen molar-refractivity contribution in [1.82, 2.24) is 4.90 Å². The third kappa shape index (κ3) is 4.60. The Morgan fingerprint density at radius 2 is 2.00 bits per heavy atom. The van der Waals surface area contributed by atoms with Gasteiger partial charge in [0.1, 0.15) is 5.75 Å². The van der Waals surface area contributed by atoms with Crippen LogP contribution in [0.4, 0.5) is 5.69 Å². The van der Waals surface area contributed by atoms with Crippen LogP contribution in [0.25, 0.3) is 0 Å². The first-order chi connectivity index (χ1) is 14.1. The van der Waals surface area contributed by atoms with Gasteiger partial charge in [-0.3, -0.25) is 9.59 Å². The van der Waals surface area contributed by atoms with Gasteiger partial charge in [0.15, 0.2) is 12.4 Å². The third-order valence-corrected chi connectivity index (χ3v) is 4.92. The highest BCUT2D eigenvalue weighted by molar-refractivity contribution is 6.30. The molecular weight excluding hydrogens is 392 g/mol. The summed E-state index contributed by atoms with van der Waals surface area (Å²) in [7, 11) is 0. The fourth-order valence-electron chi connectivity index (χ4n) is 3.27. The summed E-state index contributed by atoms with van der Waals surface area (Å²) in [6, 6.07) is 16.0. The number of nitrogens with zero attached hydrogens (tertiary/aromatic N) is 1. The first kappa shape index (κ1) is 19.1. The summed E-state index contributed by atoms with van der Waals surface area (Å²) in [6.45, 7) is 0.976. The van der Waals surface area contributed by atoms with Gasteiger partial charge >= 0.3 is 0 Å². The fourth-order valence-corrected chi connectivity index (χ4v) is 3.45. The molecule has 2 aromatic carbocycles. The molecule has 3 aromatic rings. The van der Waals surface area contributed by atoms with Gasteiger partial charge in [0.05, 0.1) is 6.26 Å². The predicted octanol–water partition coefficient (Wildman–Crippen LogP) is 4.15. The van der Waals surface area contributed by atoms with E-state index in [1.165, 1.54) is 11.8 Å². The highest BCUT2D eigenvalue weighted by Crippen LogP contribution is 2.24. The second-order valence-corrected chi connectivity index (χ2v) is 7.17. The van der Waals surface area contributed by atoms with Crippen molar-refractivity contribution in [3.05, 3.63) is 82.8 Å². The summed E-state index contributed by atoms with van der Waals surface area (Å²) >= 11 is 5.91. The number of hydrogen-bond donors (Lipinski definition) is 1. The van der Waals surface area contributed by atoms with Gasteiger partial charge < -0.3 is 19.4 Å². The Kier molecular flexibility index (Phi) is 5.53. The van der Waals surface area contributed by atoms with Gasteiger partial charge in [-0.2, -0.15) is 0 Å². The molecule has 29 heavy (non-hydrogen) atoms. The van der Waals surface area contributed by atoms with Crippen LogP contribution in [0.1, 0.15) is 21.7 Å². The molecule has 2 amide bonds. The Labute approximate surface area is 173 Å². The van der Waals surface area contributed by atoms with Crippen molar-refractivity contribution in [2.75, 3.05) is 18.5 Å². The van der Waals surface area contributed by atoms with Crippen LogP contribution >= 0.6 is 11.6 Å². The molecule has 0 radical (unpaired) electrons. The molecule has 6 nitrogen and oxygen atoms in total. The Hall–Kier alpha value is -3.25. The Balaban J connectivity index is 1.38. The highest BCUT2D eigenvalue weighted by Gasteiger charge is 2.23. The first-order valence-electron chi connectivity index (χ1n) is 9.21. The number of nitrogens with one attached hydrogen (secondary N) is 1. The van der Waals surface area contributed by atoms with E-state index in [1.807, 2.05) is 18.2 Å². The number of rotatable bonds is 5. The molecule has 0 saturated carbocycles. The zero-order valence-corrected chi connectivity index (χ0v) is 16.3. The van der Waals surface area contributed by atoms with Gasteiger partial charge in [0.25, 0.3) is 11.8 Å². The summed E-state index contributed by atoms with van der Waals surface area (Å²) in [5, 5.41) is 3.38. The van der Waals surface area contributed by atoms with Crippen LogP contribution in [-0.2, 0) is 17.8 Å². The average molecular weight is 411 g/mol. The van der Waals surface area contributed by atoms with Gasteiger partial charge in [-0.05, 0) is 60.0 Å². The van der Waals surface area contributed by atoms with E-state index in [0.29, 0.717) is 35.3 Å². The van der Waals surface area contributed by atoms with Crippen molar-refractivity contribution in [2.45, 2.75) is 13.0 Å². The molecule has 0 bridgehead atoms. The molecule has 0 spiro atoms. The van der Waals surface area contributed by atoms with Crippen molar-refractivity contribution in [1.29, 1.82) is 0 Å². The molecule has 0 aliphatic carbocycles. The number of carbonyl (C=O) groups is 2. The van der Waals surface area contributed by atoms with Crippen molar-refractivity contribution in [3.8, 4) is 5.75 Å². The molecule has 0 atom stereocenters. The first-order valence-corrected chi connectivity index (χ1v) is 9.59. The number of anilines is 1. The third-order valence-electron chi connectivity index (χ3n) is 4.69. The summed E-state index contributed by atoms with van der Waals surface area (Å²) in [4.78, 5) is 26.5. The largest absolute Gasteiger partial charge is 0.484 e. The van der Waals surface area contributed by atoms with E-state index in [1.54, 1.807) is 41.3 Å². The summed E-state index contributed by atoms with van der Waals surface area (Å²) in [5.41, 5.74) is 2.84. The number of carbonyl (C=O) groups excluding carboxylic acids is 2. The summed E-state index contributed by atoms with van der Waals surface area (Å²) < 4.78 is 10.7. The maximum atomic E-state index is 12.5. The average Bonchev–Trinajstić information content (AvgIpc) is 3.26. The molecule has 1 aromatic heterocycles. The van der Waals surface area contributed by atoms with Crippen LogP contribution < -0.4 is 10.1 Å².